The van der Waals surface area contributed by atoms with Crippen LogP contribution in [0.15, 0.2) is 49.2 Å². The largest absolute Gasteiger partial charge is 0.345 e. The highest BCUT2D eigenvalue weighted by molar-refractivity contribution is 14.1. The highest BCUT2D eigenvalue weighted by Gasteiger charge is 2.11. The summed E-state index contributed by atoms with van der Waals surface area (Å²) in [5, 5.41) is 0. The molecule has 5 heteroatoms. The predicted molar refractivity (Wildman–Crippen MR) is 101 cm³/mol. The van der Waals surface area contributed by atoms with Gasteiger partial charge in [-0.25, -0.2) is 9.97 Å². The highest BCUT2D eigenvalue weighted by Crippen LogP contribution is 2.31. The lowest BCUT2D eigenvalue weighted by Gasteiger charge is -2.09. The number of aromatic amines is 1. The van der Waals surface area contributed by atoms with Crippen LogP contribution in [0.3, 0.4) is 0 Å². The zero-order valence-corrected chi connectivity index (χ0v) is 15.0. The van der Waals surface area contributed by atoms with Crippen LogP contribution in [0, 0.1) is 17.4 Å². The van der Waals surface area contributed by atoms with E-state index in [0.717, 1.165) is 28.0 Å². The zero-order valence-electron chi connectivity index (χ0n) is 12.8. The van der Waals surface area contributed by atoms with Crippen molar-refractivity contribution in [1.82, 2.24) is 19.5 Å². The fourth-order valence-corrected chi connectivity index (χ4v) is 3.24. The molecule has 0 bridgehead atoms. The fourth-order valence-electron chi connectivity index (χ4n) is 2.73. The maximum Gasteiger partial charge on any atom is 0.0995 e. The van der Waals surface area contributed by atoms with Gasteiger partial charge in [-0.15, -0.1) is 0 Å². The normalized spacial score (nSPS) is 11.3. The van der Waals surface area contributed by atoms with Crippen molar-refractivity contribution < 1.29 is 0 Å². The van der Waals surface area contributed by atoms with Crippen molar-refractivity contribution >= 4 is 33.6 Å². The number of aromatic nitrogens is 4. The maximum absolute atomic E-state index is 4.50. The van der Waals surface area contributed by atoms with Crippen LogP contribution in [0.5, 0.6) is 0 Å². The Balaban J connectivity index is 1.97. The summed E-state index contributed by atoms with van der Waals surface area (Å²) in [5.74, 6) is 0. The van der Waals surface area contributed by atoms with E-state index in [1.807, 2.05) is 24.0 Å². The maximum atomic E-state index is 4.50. The quantitative estimate of drug-likeness (QED) is 0.486. The molecule has 4 nitrogen and oxygen atoms in total. The average Bonchev–Trinajstić information content (AvgIpc) is 3.17. The first-order chi connectivity index (χ1) is 11.1. The van der Waals surface area contributed by atoms with E-state index in [0.29, 0.717) is 0 Å². The number of benzene rings is 2. The molecule has 114 valence electrons. The van der Waals surface area contributed by atoms with E-state index >= 15 is 0 Å². The Morgan fingerprint density at radius 2 is 1.96 bits per heavy atom. The summed E-state index contributed by atoms with van der Waals surface area (Å²) in [7, 11) is 0. The molecule has 0 saturated heterocycles. The van der Waals surface area contributed by atoms with Gasteiger partial charge in [-0.1, -0.05) is 12.1 Å². The molecule has 0 aliphatic rings. The van der Waals surface area contributed by atoms with Gasteiger partial charge in [-0.05, 0) is 65.8 Å². The van der Waals surface area contributed by atoms with Crippen molar-refractivity contribution in [2.75, 3.05) is 0 Å². The molecule has 2 aromatic heterocycles. The third-order valence-electron chi connectivity index (χ3n) is 4.00. The van der Waals surface area contributed by atoms with Gasteiger partial charge in [0, 0.05) is 21.0 Å². The van der Waals surface area contributed by atoms with Crippen LogP contribution in [0.25, 0.3) is 27.8 Å². The predicted octanol–water partition coefficient (Wildman–Crippen LogP) is 4.64. The summed E-state index contributed by atoms with van der Waals surface area (Å²) in [6, 6.07) is 10.8. The molecule has 0 aliphatic heterocycles. The lowest BCUT2D eigenvalue weighted by Crippen LogP contribution is -1.93. The van der Waals surface area contributed by atoms with Crippen LogP contribution in [-0.4, -0.2) is 19.5 Å². The van der Waals surface area contributed by atoms with E-state index in [4.69, 9.17) is 0 Å². The molecule has 0 saturated carbocycles. The zero-order chi connectivity index (χ0) is 16.0. The van der Waals surface area contributed by atoms with E-state index in [-0.39, 0.29) is 0 Å². The first-order valence-corrected chi connectivity index (χ1v) is 8.44. The molecule has 0 unspecified atom stereocenters. The van der Waals surface area contributed by atoms with Crippen LogP contribution in [-0.2, 0) is 0 Å². The van der Waals surface area contributed by atoms with Gasteiger partial charge in [-0.3, -0.25) is 0 Å². The van der Waals surface area contributed by atoms with Gasteiger partial charge in [0.15, 0.2) is 0 Å². The van der Waals surface area contributed by atoms with E-state index in [1.54, 1.807) is 6.33 Å². The number of nitrogens with one attached hydrogen (secondary N) is 1. The summed E-state index contributed by atoms with van der Waals surface area (Å²) in [5.41, 5.74) is 7.69. The number of halogens is 1. The number of hydrogen-bond donors (Lipinski definition) is 1. The average molecular weight is 414 g/mol. The Bertz CT molecular complexity index is 1010. The molecule has 4 rings (SSSR count). The molecule has 0 amide bonds. The minimum Gasteiger partial charge on any atom is -0.345 e. The van der Waals surface area contributed by atoms with Crippen molar-refractivity contribution in [3.05, 3.63) is 64.0 Å². The second kappa shape index (κ2) is 5.49. The van der Waals surface area contributed by atoms with E-state index in [1.165, 1.54) is 14.7 Å². The Morgan fingerprint density at radius 1 is 1.09 bits per heavy atom. The second-order valence-corrected chi connectivity index (χ2v) is 6.84. The lowest BCUT2D eigenvalue weighted by atomic mass is 10.0. The van der Waals surface area contributed by atoms with Gasteiger partial charge in [-0.2, -0.15) is 0 Å². The molecule has 2 heterocycles. The molecule has 0 aliphatic carbocycles. The van der Waals surface area contributed by atoms with Crippen molar-refractivity contribution in [1.29, 1.82) is 0 Å². The van der Waals surface area contributed by atoms with Crippen molar-refractivity contribution in [3.63, 3.8) is 0 Å². The number of imidazole rings is 2. The van der Waals surface area contributed by atoms with Gasteiger partial charge in [0.05, 0.1) is 29.4 Å². The molecular formula is C18H15IN4. The molecule has 4 aromatic rings. The summed E-state index contributed by atoms with van der Waals surface area (Å²) in [6.07, 6.45) is 5.62. The Labute approximate surface area is 147 Å². The van der Waals surface area contributed by atoms with Gasteiger partial charge >= 0.3 is 0 Å². The fraction of sp³-hybridized carbons (Fsp3) is 0.111. The third-order valence-corrected chi connectivity index (χ3v) is 5.16. The minimum atomic E-state index is 0.991. The highest BCUT2D eigenvalue weighted by atomic mass is 127. The van der Waals surface area contributed by atoms with Crippen LogP contribution in [0.1, 0.15) is 11.3 Å². The number of nitrogens with zero attached hydrogens (tertiary/aromatic N) is 3. The molecule has 1 N–H and O–H groups in total. The summed E-state index contributed by atoms with van der Waals surface area (Å²) in [6.45, 7) is 4.12. The lowest BCUT2D eigenvalue weighted by molar-refractivity contribution is 1.06. The topological polar surface area (TPSA) is 46.5 Å². The SMILES string of the molecule is Cc1cn(-c2cc(-c3ccc(C)c(I)c3)c3nc[nH]c3c2)cn1. The van der Waals surface area contributed by atoms with Crippen LogP contribution in [0.4, 0.5) is 0 Å². The number of rotatable bonds is 2. The van der Waals surface area contributed by atoms with Crippen LogP contribution in [0.2, 0.25) is 0 Å². The van der Waals surface area contributed by atoms with Gasteiger partial charge in [0.2, 0.25) is 0 Å². The van der Waals surface area contributed by atoms with Gasteiger partial charge < -0.3 is 9.55 Å². The molecule has 0 atom stereocenters. The standard InChI is InChI=1S/C18H15IN4/c1-11-3-4-13(5-16(11)19)15-6-14(23-8-12(2)22-10-23)7-17-18(15)21-9-20-17/h3-10H,1-2H3,(H,20,21). The molecular weight excluding hydrogens is 399 g/mol. The molecule has 23 heavy (non-hydrogen) atoms. The van der Waals surface area contributed by atoms with Crippen molar-refractivity contribution in [2.45, 2.75) is 13.8 Å². The number of hydrogen-bond acceptors (Lipinski definition) is 2. The number of H-pyrrole nitrogens is 1. The van der Waals surface area contributed by atoms with Crippen molar-refractivity contribution in [2.24, 2.45) is 0 Å². The summed E-state index contributed by atoms with van der Waals surface area (Å²) >= 11 is 2.38. The van der Waals surface area contributed by atoms with Gasteiger partial charge in [0.25, 0.3) is 0 Å². The molecule has 2 aromatic carbocycles. The summed E-state index contributed by atoms with van der Waals surface area (Å²) < 4.78 is 3.30. The smallest absolute Gasteiger partial charge is 0.0995 e. The molecule has 0 spiro atoms. The van der Waals surface area contributed by atoms with Crippen LogP contribution < -0.4 is 0 Å². The first kappa shape index (κ1) is 14.4. The Morgan fingerprint density at radius 3 is 2.70 bits per heavy atom. The minimum absolute atomic E-state index is 0.991. The number of fused-ring (bicyclic) bond motifs is 1. The monoisotopic (exact) mass is 414 g/mol. The number of aryl methyl sites for hydroxylation is 2. The second-order valence-electron chi connectivity index (χ2n) is 5.68. The molecule has 0 radical (unpaired) electrons. The third kappa shape index (κ3) is 2.55. The van der Waals surface area contributed by atoms with Crippen LogP contribution >= 0.6 is 22.6 Å². The van der Waals surface area contributed by atoms with E-state index in [2.05, 4.69) is 74.8 Å². The van der Waals surface area contributed by atoms with E-state index < -0.39 is 0 Å². The first-order valence-electron chi connectivity index (χ1n) is 7.36. The summed E-state index contributed by atoms with van der Waals surface area (Å²) in [4.78, 5) is 12.1. The van der Waals surface area contributed by atoms with Crippen molar-refractivity contribution in [3.8, 4) is 16.8 Å². The molecule has 0 fully saturated rings. The van der Waals surface area contributed by atoms with E-state index in [9.17, 15) is 0 Å². The Hall–Kier alpha value is -2.15. The Kier molecular flexibility index (Phi) is 3.45. The van der Waals surface area contributed by atoms with Gasteiger partial charge in [0.1, 0.15) is 0 Å².